The van der Waals surface area contributed by atoms with Crippen molar-refractivity contribution in [3.05, 3.63) is 11.6 Å². The van der Waals surface area contributed by atoms with Gasteiger partial charge in [0.15, 0.2) is 0 Å². The summed E-state index contributed by atoms with van der Waals surface area (Å²) in [5.41, 5.74) is 1.54. The van der Waals surface area contributed by atoms with Gasteiger partial charge in [0.2, 0.25) is 0 Å². The summed E-state index contributed by atoms with van der Waals surface area (Å²) in [6.07, 6.45) is 14.9. The third-order valence-corrected chi connectivity index (χ3v) is 4.89. The molecule has 0 radical (unpaired) electrons. The molecule has 126 valence electrons. The van der Waals surface area contributed by atoms with Crippen molar-refractivity contribution in [2.24, 2.45) is 17.8 Å². The van der Waals surface area contributed by atoms with Crippen molar-refractivity contribution in [2.45, 2.75) is 92.4 Å². The number of hydrogen-bond acceptors (Lipinski definition) is 0. The van der Waals surface area contributed by atoms with Gasteiger partial charge in [0.25, 0.3) is 0 Å². The van der Waals surface area contributed by atoms with Crippen LogP contribution in [0.2, 0.25) is 0 Å². The van der Waals surface area contributed by atoms with E-state index in [4.69, 9.17) is 0 Å². The lowest BCUT2D eigenvalue weighted by Gasteiger charge is -2.15. The molecule has 2 unspecified atom stereocenters. The first-order valence-corrected chi connectivity index (χ1v) is 10.3. The molecule has 0 aliphatic heterocycles. The molecule has 0 aliphatic rings. The Morgan fingerprint density at radius 1 is 0.810 bits per heavy atom. The third kappa shape index (κ3) is 14.9. The molecular formula is C20H39Br. The van der Waals surface area contributed by atoms with E-state index >= 15 is 0 Å². The Morgan fingerprint density at radius 2 is 1.29 bits per heavy atom. The maximum atomic E-state index is 3.47. The summed E-state index contributed by atoms with van der Waals surface area (Å²) < 4.78 is 0. The molecule has 0 saturated heterocycles. The van der Waals surface area contributed by atoms with Crippen LogP contribution in [0.15, 0.2) is 11.6 Å². The predicted molar refractivity (Wildman–Crippen MR) is 102 cm³/mol. The Morgan fingerprint density at radius 3 is 1.76 bits per heavy atom. The van der Waals surface area contributed by atoms with Crippen molar-refractivity contribution >= 4 is 15.9 Å². The molecular weight excluding hydrogens is 320 g/mol. The highest BCUT2D eigenvalue weighted by Gasteiger charge is 2.06. The largest absolute Gasteiger partial charge is 0.0883 e. The molecule has 0 aromatic heterocycles. The molecule has 0 fully saturated rings. The number of alkyl halides is 1. The Kier molecular flexibility index (Phi) is 14.0. The van der Waals surface area contributed by atoms with Crippen LogP contribution in [0, 0.1) is 17.8 Å². The van der Waals surface area contributed by atoms with Crippen molar-refractivity contribution < 1.29 is 0 Å². The van der Waals surface area contributed by atoms with Crippen molar-refractivity contribution in [2.75, 3.05) is 5.33 Å². The first-order chi connectivity index (χ1) is 9.95. The van der Waals surface area contributed by atoms with Crippen molar-refractivity contribution in [3.63, 3.8) is 0 Å². The number of hydrogen-bond donors (Lipinski definition) is 0. The average Bonchev–Trinajstić information content (AvgIpc) is 2.38. The Hall–Kier alpha value is 0.220. The highest BCUT2D eigenvalue weighted by molar-refractivity contribution is 9.09. The fourth-order valence-corrected chi connectivity index (χ4v) is 3.49. The second-order valence-corrected chi connectivity index (χ2v) is 8.21. The molecule has 2 atom stereocenters. The lowest BCUT2D eigenvalue weighted by molar-refractivity contribution is 0.389. The lowest BCUT2D eigenvalue weighted by Crippen LogP contribution is -2.00. The normalized spacial score (nSPS) is 15.5. The van der Waals surface area contributed by atoms with Gasteiger partial charge in [0.05, 0.1) is 0 Å². The summed E-state index contributed by atoms with van der Waals surface area (Å²) in [4.78, 5) is 0. The second-order valence-electron chi connectivity index (χ2n) is 7.56. The van der Waals surface area contributed by atoms with Crippen LogP contribution in [0.3, 0.4) is 0 Å². The minimum absolute atomic E-state index is 0.874. The minimum atomic E-state index is 0.874. The number of rotatable bonds is 13. The SMILES string of the molecule is C/C(=C\CBr)CCCC(C)CCCC(C)CCCC(C)C. The van der Waals surface area contributed by atoms with Crippen LogP contribution < -0.4 is 0 Å². The summed E-state index contributed by atoms with van der Waals surface area (Å²) in [7, 11) is 0. The molecule has 0 saturated carbocycles. The van der Waals surface area contributed by atoms with Gasteiger partial charge in [-0.2, -0.15) is 0 Å². The second kappa shape index (κ2) is 13.9. The summed E-state index contributed by atoms with van der Waals surface area (Å²) in [5, 5.41) is 1.00. The highest BCUT2D eigenvalue weighted by Crippen LogP contribution is 2.22. The predicted octanol–water partition coefficient (Wildman–Crippen LogP) is 7.77. The fourth-order valence-electron chi connectivity index (χ4n) is 2.94. The summed E-state index contributed by atoms with van der Waals surface area (Å²) in [5.74, 6) is 2.71. The lowest BCUT2D eigenvalue weighted by atomic mass is 9.91. The monoisotopic (exact) mass is 358 g/mol. The zero-order valence-electron chi connectivity index (χ0n) is 15.3. The van der Waals surface area contributed by atoms with E-state index in [0.717, 1.165) is 23.1 Å². The maximum Gasteiger partial charge on any atom is 0.0214 e. The summed E-state index contributed by atoms with van der Waals surface area (Å²) in [6, 6.07) is 0. The molecule has 0 spiro atoms. The smallest absolute Gasteiger partial charge is 0.0214 e. The van der Waals surface area contributed by atoms with Gasteiger partial charge in [-0.3, -0.25) is 0 Å². The zero-order chi connectivity index (χ0) is 16.1. The number of halogens is 1. The third-order valence-electron chi connectivity index (χ3n) is 4.57. The van der Waals surface area contributed by atoms with Crippen molar-refractivity contribution in [1.82, 2.24) is 0 Å². The van der Waals surface area contributed by atoms with Gasteiger partial charge in [-0.25, -0.2) is 0 Å². The molecule has 0 nitrogen and oxygen atoms in total. The van der Waals surface area contributed by atoms with Gasteiger partial charge in [-0.05, 0) is 37.5 Å². The van der Waals surface area contributed by atoms with E-state index in [1.165, 1.54) is 63.4 Å². The molecule has 0 N–H and O–H groups in total. The van der Waals surface area contributed by atoms with E-state index in [0.29, 0.717) is 0 Å². The first-order valence-electron chi connectivity index (χ1n) is 9.17. The topological polar surface area (TPSA) is 0 Å². The quantitative estimate of drug-likeness (QED) is 0.233. The van der Waals surface area contributed by atoms with E-state index in [-0.39, 0.29) is 0 Å². The van der Waals surface area contributed by atoms with Crippen LogP contribution >= 0.6 is 15.9 Å². The van der Waals surface area contributed by atoms with Gasteiger partial charge >= 0.3 is 0 Å². The van der Waals surface area contributed by atoms with Crippen molar-refractivity contribution in [3.8, 4) is 0 Å². The Labute approximate surface area is 143 Å². The molecule has 0 heterocycles. The standard InChI is InChI=1S/C20H39Br/c1-17(2)9-6-10-18(3)11-7-12-19(4)13-8-14-20(5)15-16-21/h15,17-19H,6-14,16H2,1-5H3/b20-15+. The van der Waals surface area contributed by atoms with Crippen LogP contribution in [0.25, 0.3) is 0 Å². The Bertz CT molecular complexity index is 255. The van der Waals surface area contributed by atoms with Crippen LogP contribution in [-0.2, 0) is 0 Å². The van der Waals surface area contributed by atoms with Gasteiger partial charge in [-0.15, -0.1) is 0 Å². The van der Waals surface area contributed by atoms with Crippen LogP contribution in [0.1, 0.15) is 92.4 Å². The molecule has 0 bridgehead atoms. The fraction of sp³-hybridized carbons (Fsp3) is 0.900. The molecule has 0 aromatic carbocycles. The molecule has 21 heavy (non-hydrogen) atoms. The van der Waals surface area contributed by atoms with E-state index in [9.17, 15) is 0 Å². The molecule has 0 amide bonds. The molecule has 0 aromatic rings. The maximum absolute atomic E-state index is 3.47. The van der Waals surface area contributed by atoms with E-state index < -0.39 is 0 Å². The van der Waals surface area contributed by atoms with Crippen molar-refractivity contribution in [1.29, 1.82) is 0 Å². The zero-order valence-corrected chi connectivity index (χ0v) is 16.8. The van der Waals surface area contributed by atoms with Gasteiger partial charge in [-0.1, -0.05) is 100 Å². The minimum Gasteiger partial charge on any atom is -0.0883 e. The molecule has 0 rings (SSSR count). The highest BCUT2D eigenvalue weighted by atomic mass is 79.9. The van der Waals surface area contributed by atoms with Gasteiger partial charge in [0, 0.05) is 5.33 Å². The van der Waals surface area contributed by atoms with Gasteiger partial charge < -0.3 is 0 Å². The first kappa shape index (κ1) is 21.2. The van der Waals surface area contributed by atoms with E-state index in [1.807, 2.05) is 0 Å². The Balaban J connectivity index is 3.52. The number of allylic oxidation sites excluding steroid dienone is 2. The summed E-state index contributed by atoms with van der Waals surface area (Å²) in [6.45, 7) is 11.8. The average molecular weight is 359 g/mol. The van der Waals surface area contributed by atoms with E-state index in [2.05, 4.69) is 56.6 Å². The molecule has 0 aliphatic carbocycles. The van der Waals surface area contributed by atoms with E-state index in [1.54, 1.807) is 0 Å². The molecule has 1 heteroatoms. The van der Waals surface area contributed by atoms with Crippen LogP contribution in [-0.4, -0.2) is 5.33 Å². The van der Waals surface area contributed by atoms with Gasteiger partial charge in [0.1, 0.15) is 0 Å². The van der Waals surface area contributed by atoms with Crippen LogP contribution in [0.5, 0.6) is 0 Å². The van der Waals surface area contributed by atoms with Crippen LogP contribution in [0.4, 0.5) is 0 Å². The summed E-state index contributed by atoms with van der Waals surface area (Å²) >= 11 is 3.47.